The Bertz CT molecular complexity index is 1510. The van der Waals surface area contributed by atoms with Crippen LogP contribution in [-0.2, 0) is 14.3 Å². The van der Waals surface area contributed by atoms with Gasteiger partial charge in [-0.2, -0.15) is 0 Å². The van der Waals surface area contributed by atoms with Gasteiger partial charge in [-0.3, -0.25) is 19.6 Å². The Morgan fingerprint density at radius 3 is 2.48 bits per heavy atom. The zero-order valence-corrected chi connectivity index (χ0v) is 24.2. The van der Waals surface area contributed by atoms with Gasteiger partial charge in [0.25, 0.3) is 0 Å². The van der Waals surface area contributed by atoms with Crippen LogP contribution in [0.5, 0.6) is 0 Å². The summed E-state index contributed by atoms with van der Waals surface area (Å²) in [6.45, 7) is 9.73. The average molecular weight is 561 g/mol. The number of ether oxygens (including phenoxy) is 2. The van der Waals surface area contributed by atoms with E-state index in [-0.39, 0.29) is 24.6 Å². The SMILES string of the molecule is COC1(C)C=C(OC(C)C)C2(C)C3=N[C@H](c4ccc(Cl)cc4)[C@H](c4cccc(C)c4)N3C(=O)N3CC(=O)NC1=C32. The maximum absolute atomic E-state index is 14.5. The predicted octanol–water partition coefficient (Wildman–Crippen LogP) is 5.66. The molecule has 2 aromatic carbocycles. The molecule has 0 bridgehead atoms. The van der Waals surface area contributed by atoms with Gasteiger partial charge >= 0.3 is 6.03 Å². The van der Waals surface area contributed by atoms with Crippen molar-refractivity contribution >= 4 is 29.4 Å². The fraction of sp³-hybridized carbons (Fsp3) is 0.387. The van der Waals surface area contributed by atoms with Crippen LogP contribution in [0.2, 0.25) is 5.02 Å². The zero-order valence-electron chi connectivity index (χ0n) is 23.5. The van der Waals surface area contributed by atoms with Gasteiger partial charge in [0, 0.05) is 12.1 Å². The second-order valence-electron chi connectivity index (χ2n) is 11.4. The summed E-state index contributed by atoms with van der Waals surface area (Å²) in [6, 6.07) is 14.6. The molecule has 0 aromatic heterocycles. The van der Waals surface area contributed by atoms with Gasteiger partial charge in [0.2, 0.25) is 5.91 Å². The molecule has 1 N–H and O–H groups in total. The Hall–Kier alpha value is -3.62. The van der Waals surface area contributed by atoms with Crippen LogP contribution in [0.4, 0.5) is 4.79 Å². The molecule has 0 spiro atoms. The molecule has 0 saturated carbocycles. The lowest BCUT2D eigenvalue weighted by Gasteiger charge is -2.54. The number of carbonyl (C=O) groups excluding carboxylic acids is 2. The maximum Gasteiger partial charge on any atom is 0.330 e. The van der Waals surface area contributed by atoms with Gasteiger partial charge in [0.1, 0.15) is 35.2 Å². The van der Waals surface area contributed by atoms with Crippen LogP contribution >= 0.6 is 11.6 Å². The highest BCUT2D eigenvalue weighted by molar-refractivity contribution is 6.30. The summed E-state index contributed by atoms with van der Waals surface area (Å²) in [7, 11) is 1.58. The average Bonchev–Trinajstić information content (AvgIpc) is 3.32. The lowest BCUT2D eigenvalue weighted by molar-refractivity contribution is -0.123. The fourth-order valence-electron chi connectivity index (χ4n) is 6.35. The van der Waals surface area contributed by atoms with E-state index in [9.17, 15) is 9.59 Å². The number of urea groups is 1. The first-order valence-electron chi connectivity index (χ1n) is 13.5. The van der Waals surface area contributed by atoms with Crippen molar-refractivity contribution in [2.24, 2.45) is 10.4 Å². The predicted molar refractivity (Wildman–Crippen MR) is 152 cm³/mol. The number of hydrogen-bond donors (Lipinski definition) is 1. The topological polar surface area (TPSA) is 83.5 Å². The smallest absolute Gasteiger partial charge is 0.330 e. The second kappa shape index (κ2) is 9.21. The molecule has 3 aliphatic heterocycles. The van der Waals surface area contributed by atoms with Crippen molar-refractivity contribution in [1.29, 1.82) is 0 Å². The van der Waals surface area contributed by atoms with Crippen LogP contribution in [0.25, 0.3) is 0 Å². The molecule has 3 heterocycles. The molecular weight excluding hydrogens is 528 g/mol. The van der Waals surface area contributed by atoms with E-state index < -0.39 is 23.1 Å². The lowest BCUT2D eigenvalue weighted by atomic mass is 9.71. The first-order valence-corrected chi connectivity index (χ1v) is 13.9. The third-order valence-electron chi connectivity index (χ3n) is 8.28. The Kier molecular flexibility index (Phi) is 6.12. The van der Waals surface area contributed by atoms with Crippen LogP contribution in [0.3, 0.4) is 0 Å². The van der Waals surface area contributed by atoms with Crippen molar-refractivity contribution in [3.8, 4) is 0 Å². The van der Waals surface area contributed by atoms with Crippen LogP contribution < -0.4 is 5.32 Å². The molecule has 40 heavy (non-hydrogen) atoms. The van der Waals surface area contributed by atoms with Gasteiger partial charge in [0.05, 0.1) is 23.5 Å². The minimum Gasteiger partial charge on any atom is -0.494 e. The Morgan fingerprint density at radius 1 is 1.10 bits per heavy atom. The summed E-state index contributed by atoms with van der Waals surface area (Å²) in [5, 5.41) is 3.65. The van der Waals surface area contributed by atoms with Gasteiger partial charge in [-0.25, -0.2) is 4.79 Å². The number of amidine groups is 1. The fourth-order valence-corrected chi connectivity index (χ4v) is 6.48. The Morgan fingerprint density at radius 2 is 1.82 bits per heavy atom. The number of nitrogens with zero attached hydrogens (tertiary/aromatic N) is 3. The number of rotatable bonds is 5. The summed E-state index contributed by atoms with van der Waals surface area (Å²) in [6.07, 6.45) is 1.76. The molecular formula is C31H33ClN4O4. The number of halogens is 1. The monoisotopic (exact) mass is 560 g/mol. The quantitative estimate of drug-likeness (QED) is 0.512. The van der Waals surface area contributed by atoms with Crippen molar-refractivity contribution in [2.75, 3.05) is 13.7 Å². The zero-order chi connectivity index (χ0) is 28.6. The highest BCUT2D eigenvalue weighted by Gasteiger charge is 2.63. The second-order valence-corrected chi connectivity index (χ2v) is 11.9. The summed E-state index contributed by atoms with van der Waals surface area (Å²) in [5.74, 6) is 0.928. The highest BCUT2D eigenvalue weighted by atomic mass is 35.5. The van der Waals surface area contributed by atoms with E-state index in [0.717, 1.165) is 16.7 Å². The van der Waals surface area contributed by atoms with E-state index in [1.54, 1.807) is 16.9 Å². The van der Waals surface area contributed by atoms with Crippen LogP contribution in [0.1, 0.15) is 56.5 Å². The van der Waals surface area contributed by atoms with Crippen LogP contribution in [-0.4, -0.2) is 52.9 Å². The first-order chi connectivity index (χ1) is 19.0. The molecule has 9 heteroatoms. The first kappa shape index (κ1) is 26.6. The standard InChI is InChI=1S/C31H33ClN4O4/c1-17(2)40-22-15-30(4,39-6)26-27-31(22,5)28-34-24(19-10-12-21(32)13-11-19)25(20-9-7-8-18(3)14-20)36(28)29(38)35(27)16-23(37)33-26/h7-15,17,24-25H,16H2,1-6H3,(H,33,37)/t24-,25+,30?,31?/m1/s1. The number of benzene rings is 2. The van der Waals surface area contributed by atoms with Crippen LogP contribution in [0.15, 0.2) is 76.8 Å². The third-order valence-corrected chi connectivity index (χ3v) is 8.53. The van der Waals surface area contributed by atoms with Crippen molar-refractivity contribution in [1.82, 2.24) is 15.1 Å². The van der Waals surface area contributed by atoms with Crippen LogP contribution in [0, 0.1) is 12.3 Å². The van der Waals surface area contributed by atoms with Crippen molar-refractivity contribution in [3.05, 3.63) is 93.5 Å². The van der Waals surface area contributed by atoms with Gasteiger partial charge in [-0.15, -0.1) is 0 Å². The number of methoxy groups -OCH3 is 1. The molecule has 0 radical (unpaired) electrons. The van der Waals surface area contributed by atoms with Gasteiger partial charge < -0.3 is 14.8 Å². The summed E-state index contributed by atoms with van der Waals surface area (Å²) < 4.78 is 12.4. The molecule has 1 aliphatic carbocycles. The van der Waals surface area contributed by atoms with E-state index in [1.807, 2.05) is 83.2 Å². The molecule has 3 amide bonds. The summed E-state index contributed by atoms with van der Waals surface area (Å²) >= 11 is 6.25. The molecule has 2 aromatic rings. The highest BCUT2D eigenvalue weighted by Crippen LogP contribution is 2.57. The number of aliphatic imine (C=N–C) groups is 1. The van der Waals surface area contributed by atoms with Crippen molar-refractivity contribution in [3.63, 3.8) is 0 Å². The minimum atomic E-state index is -1.01. The molecule has 2 unspecified atom stereocenters. The third kappa shape index (κ3) is 3.80. The number of carbonyl (C=O) groups is 2. The molecule has 4 aliphatic rings. The van der Waals surface area contributed by atoms with Gasteiger partial charge in [-0.05, 0) is 64.0 Å². The minimum absolute atomic E-state index is 0.113. The number of nitrogens with one attached hydrogen (secondary N) is 1. The molecule has 1 fully saturated rings. The number of amides is 3. The van der Waals surface area contributed by atoms with E-state index in [1.165, 1.54) is 0 Å². The largest absolute Gasteiger partial charge is 0.494 e. The number of fused-ring (bicyclic) bond motifs is 2. The van der Waals surface area contributed by atoms with Gasteiger partial charge in [0.15, 0.2) is 0 Å². The summed E-state index contributed by atoms with van der Waals surface area (Å²) in [5.41, 5.74) is 2.15. The Balaban J connectivity index is 1.64. The summed E-state index contributed by atoms with van der Waals surface area (Å²) in [4.78, 5) is 36.2. The van der Waals surface area contributed by atoms with E-state index in [2.05, 4.69) is 11.4 Å². The van der Waals surface area contributed by atoms with Gasteiger partial charge in [-0.1, -0.05) is 53.6 Å². The van der Waals surface area contributed by atoms with Crippen molar-refractivity contribution in [2.45, 2.75) is 58.4 Å². The normalized spacial score (nSPS) is 29.2. The molecule has 1 saturated heterocycles. The number of aryl methyl sites for hydroxylation is 1. The van der Waals surface area contributed by atoms with Crippen molar-refractivity contribution < 1.29 is 19.1 Å². The molecule has 8 nitrogen and oxygen atoms in total. The molecule has 4 atom stereocenters. The van der Waals surface area contributed by atoms with E-state index in [0.29, 0.717) is 28.0 Å². The Labute approximate surface area is 239 Å². The van der Waals surface area contributed by atoms with E-state index in [4.69, 9.17) is 26.1 Å². The van der Waals surface area contributed by atoms with E-state index >= 15 is 0 Å². The lowest BCUT2D eigenvalue weighted by Crippen LogP contribution is -2.66. The molecule has 208 valence electrons. The molecule has 6 rings (SSSR count). The maximum atomic E-state index is 14.5. The number of hydrogen-bond acceptors (Lipinski definition) is 5.